The zero-order chi connectivity index (χ0) is 25.7. The van der Waals surface area contributed by atoms with Gasteiger partial charge in [0.25, 0.3) is 17.7 Å². The number of amidine groups is 1. The third-order valence-electron chi connectivity index (χ3n) is 4.96. The zero-order valence-electron chi connectivity index (χ0n) is 19.4. The molecule has 14 nitrogen and oxygen atoms in total. The first-order valence-electron chi connectivity index (χ1n) is 10.4. The number of rotatable bonds is 10. The number of imidazole rings is 1. The Balaban J connectivity index is 1.67. The molecule has 0 saturated carbocycles. The Kier molecular flexibility index (Phi) is 7.34. The fourth-order valence-electron chi connectivity index (χ4n) is 3.31. The van der Waals surface area contributed by atoms with Gasteiger partial charge in [-0.3, -0.25) is 24.6 Å². The fraction of sp³-hybridized carbons (Fsp3) is 0.238. The number of aryl methyl sites for hydroxylation is 3. The van der Waals surface area contributed by atoms with Crippen LogP contribution in [0.15, 0.2) is 30.7 Å². The van der Waals surface area contributed by atoms with Gasteiger partial charge in [0.2, 0.25) is 12.2 Å². The smallest absolute Gasteiger partial charge is 0.291 e. The summed E-state index contributed by atoms with van der Waals surface area (Å²) in [7, 11) is 4.93. The van der Waals surface area contributed by atoms with Gasteiger partial charge in [-0.2, -0.15) is 0 Å². The SMILES string of the molecule is Cn1cc(NC(=O)c2cc(NC(=O)c3nc(NC=O)cn3C)cn2C)cc1C(=O)NCCC(=N)N. The monoisotopic (exact) mass is 482 g/mol. The van der Waals surface area contributed by atoms with E-state index in [1.54, 1.807) is 42.7 Å². The van der Waals surface area contributed by atoms with E-state index in [-0.39, 0.29) is 42.0 Å². The van der Waals surface area contributed by atoms with Crippen LogP contribution < -0.4 is 27.0 Å². The number of hydrogen-bond acceptors (Lipinski definition) is 6. The summed E-state index contributed by atoms with van der Waals surface area (Å²) >= 11 is 0. The summed E-state index contributed by atoms with van der Waals surface area (Å²) in [5.74, 6) is -1.05. The summed E-state index contributed by atoms with van der Waals surface area (Å²) in [6.45, 7) is 0.228. The van der Waals surface area contributed by atoms with Gasteiger partial charge < -0.3 is 40.7 Å². The predicted molar refractivity (Wildman–Crippen MR) is 128 cm³/mol. The summed E-state index contributed by atoms with van der Waals surface area (Å²) in [5, 5.41) is 17.6. The Morgan fingerprint density at radius 3 is 2.09 bits per heavy atom. The van der Waals surface area contributed by atoms with Crippen molar-refractivity contribution >= 4 is 47.2 Å². The van der Waals surface area contributed by atoms with Gasteiger partial charge in [-0.1, -0.05) is 0 Å². The quantitative estimate of drug-likeness (QED) is 0.136. The molecule has 7 N–H and O–H groups in total. The molecule has 0 aliphatic carbocycles. The van der Waals surface area contributed by atoms with Crippen molar-refractivity contribution in [3.63, 3.8) is 0 Å². The third-order valence-corrected chi connectivity index (χ3v) is 4.96. The number of nitrogens with one attached hydrogen (secondary N) is 5. The van der Waals surface area contributed by atoms with E-state index in [9.17, 15) is 19.2 Å². The molecule has 0 bridgehead atoms. The number of nitrogens with two attached hydrogens (primary N) is 1. The molecule has 3 rings (SSSR count). The van der Waals surface area contributed by atoms with E-state index in [4.69, 9.17) is 11.1 Å². The van der Waals surface area contributed by atoms with E-state index in [1.807, 2.05) is 0 Å². The summed E-state index contributed by atoms with van der Waals surface area (Å²) in [6.07, 6.45) is 5.35. The molecule has 0 spiro atoms. The normalized spacial score (nSPS) is 10.5. The van der Waals surface area contributed by atoms with Crippen LogP contribution in [0, 0.1) is 5.41 Å². The second kappa shape index (κ2) is 10.4. The molecule has 0 atom stereocenters. The second-order valence-electron chi connectivity index (χ2n) is 7.71. The number of carbonyl (C=O) groups is 4. The first-order chi connectivity index (χ1) is 16.6. The topological polar surface area (TPSA) is 194 Å². The van der Waals surface area contributed by atoms with Crippen LogP contribution in [0.3, 0.4) is 0 Å². The Morgan fingerprint density at radius 1 is 0.943 bits per heavy atom. The second-order valence-corrected chi connectivity index (χ2v) is 7.71. The predicted octanol–water partition coefficient (Wildman–Crippen LogP) is 0.226. The van der Waals surface area contributed by atoms with Crippen molar-refractivity contribution in [3.05, 3.63) is 47.9 Å². The first-order valence-corrected chi connectivity index (χ1v) is 10.4. The largest absolute Gasteiger partial charge is 0.388 e. The van der Waals surface area contributed by atoms with Gasteiger partial charge >= 0.3 is 0 Å². The van der Waals surface area contributed by atoms with Crippen molar-refractivity contribution in [2.45, 2.75) is 6.42 Å². The van der Waals surface area contributed by atoms with Crippen LogP contribution in [0.2, 0.25) is 0 Å². The zero-order valence-corrected chi connectivity index (χ0v) is 19.4. The van der Waals surface area contributed by atoms with Crippen LogP contribution in [0.5, 0.6) is 0 Å². The molecule has 14 heteroatoms. The summed E-state index contributed by atoms with van der Waals surface area (Å²) in [4.78, 5) is 52.3. The molecule has 35 heavy (non-hydrogen) atoms. The molecule has 0 radical (unpaired) electrons. The number of anilines is 3. The first kappa shape index (κ1) is 24.8. The lowest BCUT2D eigenvalue weighted by Gasteiger charge is -2.04. The van der Waals surface area contributed by atoms with Crippen LogP contribution in [-0.4, -0.2) is 55.2 Å². The molecule has 3 aromatic rings. The molecule has 0 aliphatic heterocycles. The van der Waals surface area contributed by atoms with Gasteiger partial charge in [-0.05, 0) is 12.1 Å². The molecule has 3 heterocycles. The van der Waals surface area contributed by atoms with Crippen molar-refractivity contribution in [1.29, 1.82) is 5.41 Å². The Morgan fingerprint density at radius 2 is 1.51 bits per heavy atom. The van der Waals surface area contributed by atoms with Crippen LogP contribution in [0.4, 0.5) is 17.2 Å². The van der Waals surface area contributed by atoms with Gasteiger partial charge in [0, 0.05) is 52.7 Å². The summed E-state index contributed by atoms with van der Waals surface area (Å²) in [5.41, 5.74) is 6.65. The molecule has 0 unspecified atom stereocenters. The number of amides is 4. The fourth-order valence-corrected chi connectivity index (χ4v) is 3.31. The molecule has 0 aromatic carbocycles. The molecule has 4 amide bonds. The van der Waals surface area contributed by atoms with Crippen LogP contribution in [0.25, 0.3) is 0 Å². The molecule has 3 aromatic heterocycles. The third kappa shape index (κ3) is 5.93. The Hall–Kier alpha value is -4.88. The van der Waals surface area contributed by atoms with E-state index in [0.717, 1.165) is 0 Å². The van der Waals surface area contributed by atoms with Gasteiger partial charge in [-0.15, -0.1) is 0 Å². The van der Waals surface area contributed by atoms with E-state index < -0.39 is 11.8 Å². The Labute approximate surface area is 200 Å². The average Bonchev–Trinajstić information content (AvgIpc) is 3.44. The average molecular weight is 483 g/mol. The minimum absolute atomic E-state index is 0.0252. The van der Waals surface area contributed by atoms with Crippen LogP contribution >= 0.6 is 0 Å². The number of carbonyl (C=O) groups excluding carboxylic acids is 4. The lowest BCUT2D eigenvalue weighted by atomic mass is 10.3. The number of hydrogen-bond donors (Lipinski definition) is 6. The van der Waals surface area contributed by atoms with Crippen molar-refractivity contribution in [1.82, 2.24) is 24.0 Å². The Bertz CT molecular complexity index is 1300. The van der Waals surface area contributed by atoms with Crippen LogP contribution in [0.1, 0.15) is 38.0 Å². The van der Waals surface area contributed by atoms with Gasteiger partial charge in [0.1, 0.15) is 11.4 Å². The van der Waals surface area contributed by atoms with E-state index >= 15 is 0 Å². The minimum Gasteiger partial charge on any atom is -0.388 e. The van der Waals surface area contributed by atoms with E-state index in [2.05, 4.69) is 26.3 Å². The number of nitrogens with zero attached hydrogens (tertiary/aromatic N) is 4. The molecule has 0 saturated heterocycles. The van der Waals surface area contributed by atoms with E-state index in [0.29, 0.717) is 23.5 Å². The molecular weight excluding hydrogens is 456 g/mol. The van der Waals surface area contributed by atoms with Crippen LogP contribution in [-0.2, 0) is 25.9 Å². The van der Waals surface area contributed by atoms with E-state index in [1.165, 1.54) is 22.9 Å². The molecule has 0 fully saturated rings. The summed E-state index contributed by atoms with van der Waals surface area (Å²) in [6, 6.07) is 3.03. The molecule has 0 aliphatic rings. The van der Waals surface area contributed by atoms with Gasteiger partial charge in [0.05, 0.1) is 17.2 Å². The molecule has 184 valence electrons. The van der Waals surface area contributed by atoms with Crippen molar-refractivity contribution in [2.24, 2.45) is 26.9 Å². The summed E-state index contributed by atoms with van der Waals surface area (Å²) < 4.78 is 4.57. The van der Waals surface area contributed by atoms with Gasteiger partial charge in [-0.25, -0.2) is 4.98 Å². The maximum atomic E-state index is 12.8. The number of aromatic nitrogens is 4. The van der Waals surface area contributed by atoms with Crippen molar-refractivity contribution < 1.29 is 19.2 Å². The molecular formula is C21H26N10O4. The standard InChI is InChI=1S/C21H26N10O4/c1-29-8-12(6-14(29)19(33)24-5-4-16(22)23)26-20(34)15-7-13(9-30(15)2)27-21(35)18-28-17(25-11-32)10-31(18)3/h6-11H,4-5H2,1-3H3,(H3,22,23)(H,24,33)(H,25,32)(H,26,34)(H,27,35). The van der Waals surface area contributed by atoms with Gasteiger partial charge in [0.15, 0.2) is 5.82 Å². The maximum Gasteiger partial charge on any atom is 0.291 e. The highest BCUT2D eigenvalue weighted by Gasteiger charge is 2.19. The highest BCUT2D eigenvalue weighted by Crippen LogP contribution is 2.18. The lowest BCUT2D eigenvalue weighted by Crippen LogP contribution is -2.28. The highest BCUT2D eigenvalue weighted by molar-refractivity contribution is 6.07. The lowest BCUT2D eigenvalue weighted by molar-refractivity contribution is -0.105. The maximum absolute atomic E-state index is 12.8. The van der Waals surface area contributed by atoms with Crippen molar-refractivity contribution in [3.8, 4) is 0 Å². The minimum atomic E-state index is -0.521. The van der Waals surface area contributed by atoms with Crippen molar-refractivity contribution in [2.75, 3.05) is 22.5 Å². The highest BCUT2D eigenvalue weighted by atomic mass is 16.2.